The van der Waals surface area contributed by atoms with Crippen LogP contribution in [0.2, 0.25) is 0 Å². The number of nitrogens with one attached hydrogen (secondary N) is 2. The van der Waals surface area contributed by atoms with Gasteiger partial charge in [0.1, 0.15) is 35.1 Å². The second kappa shape index (κ2) is 6.86. The lowest BCUT2D eigenvalue weighted by molar-refractivity contribution is 0.624. The van der Waals surface area contributed by atoms with Crippen molar-refractivity contribution in [3.8, 4) is 12.3 Å². The van der Waals surface area contributed by atoms with E-state index in [1.54, 1.807) is 12.3 Å². The van der Waals surface area contributed by atoms with E-state index in [2.05, 4.69) is 36.5 Å². The van der Waals surface area contributed by atoms with E-state index in [0.29, 0.717) is 22.0 Å². The quantitative estimate of drug-likeness (QED) is 0.333. The number of nitrogens with two attached hydrogens (primary N) is 2. The van der Waals surface area contributed by atoms with E-state index < -0.39 is 11.9 Å². The number of halogens is 2. The van der Waals surface area contributed by atoms with E-state index in [-0.39, 0.29) is 28.8 Å². The molecule has 0 aliphatic carbocycles. The first-order valence-corrected chi connectivity index (χ1v) is 8.45. The highest BCUT2D eigenvalue weighted by atomic mass is 79.9. The molecule has 0 saturated carbocycles. The van der Waals surface area contributed by atoms with Crippen molar-refractivity contribution < 1.29 is 4.39 Å². The number of anilines is 3. The van der Waals surface area contributed by atoms with Crippen molar-refractivity contribution in [2.75, 3.05) is 16.8 Å². The molecule has 1 aliphatic rings. The van der Waals surface area contributed by atoms with Gasteiger partial charge in [0.15, 0.2) is 6.19 Å². The molecule has 0 saturated heterocycles. The Morgan fingerprint density at radius 2 is 2.12 bits per heavy atom. The Morgan fingerprint density at radius 1 is 1.35 bits per heavy atom. The molecular formula is C16H12BrFN8. The molecule has 1 atom stereocenters. The number of pyridine rings is 1. The molecule has 8 nitrogen and oxygen atoms in total. The summed E-state index contributed by atoms with van der Waals surface area (Å²) < 4.78 is 13.6. The lowest BCUT2D eigenvalue weighted by atomic mass is 9.92. The van der Waals surface area contributed by atoms with E-state index in [1.165, 1.54) is 12.1 Å². The summed E-state index contributed by atoms with van der Waals surface area (Å²) in [6.07, 6.45) is 1.77. The third kappa shape index (κ3) is 2.87. The Hall–Kier alpha value is -3.37. The number of fused-ring (bicyclic) bond motifs is 1. The molecule has 1 unspecified atom stereocenters. The first kappa shape index (κ1) is 17.5. The van der Waals surface area contributed by atoms with E-state index in [4.69, 9.17) is 16.7 Å². The fourth-order valence-corrected chi connectivity index (χ4v) is 3.25. The van der Waals surface area contributed by atoms with Gasteiger partial charge in [-0.2, -0.15) is 10.5 Å². The Labute approximate surface area is 156 Å². The highest BCUT2D eigenvalue weighted by Crippen LogP contribution is 2.41. The Balaban J connectivity index is 2.29. The molecule has 2 heterocycles. The van der Waals surface area contributed by atoms with Crippen LogP contribution in [0, 0.1) is 28.6 Å². The van der Waals surface area contributed by atoms with Gasteiger partial charge in [-0.25, -0.2) is 14.4 Å². The number of alkyl halides is 1. The summed E-state index contributed by atoms with van der Waals surface area (Å²) in [6.45, 7) is 0. The van der Waals surface area contributed by atoms with Crippen molar-refractivity contribution in [3.63, 3.8) is 0 Å². The van der Waals surface area contributed by atoms with Crippen LogP contribution in [0.15, 0.2) is 23.2 Å². The second-order valence-electron chi connectivity index (χ2n) is 5.38. The third-order valence-corrected chi connectivity index (χ3v) is 4.51. The second-order valence-corrected chi connectivity index (χ2v) is 5.94. The number of benzene rings is 1. The van der Waals surface area contributed by atoms with Gasteiger partial charge in [0, 0.05) is 10.9 Å². The topological polar surface area (TPSA) is 149 Å². The molecule has 130 valence electrons. The van der Waals surface area contributed by atoms with Crippen molar-refractivity contribution in [2.45, 2.75) is 11.4 Å². The Bertz CT molecular complexity index is 1000. The van der Waals surface area contributed by atoms with E-state index in [1.807, 2.05) is 6.07 Å². The molecule has 2 aromatic rings. The first-order valence-electron chi connectivity index (χ1n) is 7.33. The van der Waals surface area contributed by atoms with Crippen LogP contribution >= 0.6 is 15.9 Å². The normalized spacial score (nSPS) is 15.1. The largest absolute Gasteiger partial charge is 0.397 e. The van der Waals surface area contributed by atoms with E-state index in [9.17, 15) is 9.65 Å². The molecule has 10 heteroatoms. The van der Waals surface area contributed by atoms with Crippen LogP contribution < -0.4 is 22.1 Å². The van der Waals surface area contributed by atoms with Crippen molar-refractivity contribution in [1.82, 2.24) is 10.3 Å². The molecule has 6 N–H and O–H groups in total. The van der Waals surface area contributed by atoms with Crippen LogP contribution in [0.5, 0.6) is 0 Å². The monoisotopic (exact) mass is 414 g/mol. The number of aliphatic imine (C=N–C) groups is 1. The summed E-state index contributed by atoms with van der Waals surface area (Å²) in [5.41, 5.74) is 13.9. The van der Waals surface area contributed by atoms with E-state index >= 15 is 0 Å². The molecule has 0 spiro atoms. The average molecular weight is 415 g/mol. The number of nitriles is 2. The molecule has 26 heavy (non-hydrogen) atoms. The highest BCUT2D eigenvalue weighted by Gasteiger charge is 2.30. The molecule has 0 amide bonds. The minimum absolute atomic E-state index is 0.0342. The van der Waals surface area contributed by atoms with Crippen molar-refractivity contribution in [3.05, 3.63) is 46.3 Å². The maximum absolute atomic E-state index is 13.6. The van der Waals surface area contributed by atoms with Crippen molar-refractivity contribution in [1.29, 1.82) is 10.5 Å². The lowest BCUT2D eigenvalue weighted by Gasteiger charge is -2.27. The number of nitrogen functional groups attached to an aromatic ring is 2. The van der Waals surface area contributed by atoms with E-state index in [0.717, 1.165) is 0 Å². The van der Waals surface area contributed by atoms with Crippen LogP contribution in [0.25, 0.3) is 0 Å². The van der Waals surface area contributed by atoms with Crippen LogP contribution in [-0.2, 0) is 5.33 Å². The Kier molecular flexibility index (Phi) is 4.61. The average Bonchev–Trinajstić information content (AvgIpc) is 2.61. The summed E-state index contributed by atoms with van der Waals surface area (Å²) in [5.74, 6) is -0.00157. The minimum atomic E-state index is -0.699. The van der Waals surface area contributed by atoms with Crippen LogP contribution in [0.4, 0.5) is 21.7 Å². The predicted octanol–water partition coefficient (Wildman–Crippen LogP) is 2.09. The summed E-state index contributed by atoms with van der Waals surface area (Å²) in [7, 11) is 0. The van der Waals surface area contributed by atoms with Crippen LogP contribution in [0.1, 0.15) is 28.3 Å². The fraction of sp³-hybridized carbons (Fsp3) is 0.125. The van der Waals surface area contributed by atoms with Gasteiger partial charge in [0.25, 0.3) is 0 Å². The molecule has 3 rings (SSSR count). The fourth-order valence-electron chi connectivity index (χ4n) is 2.76. The number of guanidine groups is 1. The number of hydrogen-bond acceptors (Lipinski definition) is 8. The maximum atomic E-state index is 13.6. The van der Waals surface area contributed by atoms with Gasteiger partial charge in [0.2, 0.25) is 5.96 Å². The molecule has 1 aromatic heterocycles. The van der Waals surface area contributed by atoms with Gasteiger partial charge < -0.3 is 16.8 Å². The predicted molar refractivity (Wildman–Crippen MR) is 98.5 cm³/mol. The summed E-state index contributed by atoms with van der Waals surface area (Å²) in [5, 5.41) is 23.8. The third-order valence-electron chi connectivity index (χ3n) is 3.90. The summed E-state index contributed by atoms with van der Waals surface area (Å²) in [4.78, 5) is 8.62. The zero-order valence-electron chi connectivity index (χ0n) is 13.2. The van der Waals surface area contributed by atoms with Crippen molar-refractivity contribution >= 4 is 39.2 Å². The number of nitrogens with zero attached hydrogens (tertiary/aromatic N) is 4. The zero-order valence-corrected chi connectivity index (χ0v) is 14.8. The SMILES string of the molecule is N#CNC1=NC(c2ccc(F)cc2CBr)c2c(nc(N)c(C#N)c2N)N1. The minimum Gasteiger partial charge on any atom is -0.397 e. The molecule has 0 bridgehead atoms. The van der Waals surface area contributed by atoms with Crippen LogP contribution in [0.3, 0.4) is 0 Å². The number of hydrogen-bond donors (Lipinski definition) is 4. The van der Waals surface area contributed by atoms with Gasteiger partial charge in [-0.1, -0.05) is 22.0 Å². The van der Waals surface area contributed by atoms with Crippen molar-refractivity contribution in [2.24, 2.45) is 4.99 Å². The Morgan fingerprint density at radius 3 is 2.77 bits per heavy atom. The number of rotatable bonds is 2. The number of aromatic nitrogens is 1. The van der Waals surface area contributed by atoms with Gasteiger partial charge in [0.05, 0.1) is 5.69 Å². The highest BCUT2D eigenvalue weighted by molar-refractivity contribution is 9.08. The summed E-state index contributed by atoms with van der Waals surface area (Å²) in [6, 6.07) is 5.51. The zero-order chi connectivity index (χ0) is 18.8. The summed E-state index contributed by atoms with van der Waals surface area (Å²) >= 11 is 3.34. The van der Waals surface area contributed by atoms with Gasteiger partial charge in [-0.05, 0) is 23.3 Å². The molecule has 1 aliphatic heterocycles. The van der Waals surface area contributed by atoms with Crippen LogP contribution in [-0.4, -0.2) is 10.9 Å². The van der Waals surface area contributed by atoms with Gasteiger partial charge in [-0.15, -0.1) is 0 Å². The molecule has 0 fully saturated rings. The maximum Gasteiger partial charge on any atom is 0.211 e. The lowest BCUT2D eigenvalue weighted by Crippen LogP contribution is -2.33. The molecule has 1 aromatic carbocycles. The molecular weight excluding hydrogens is 403 g/mol. The van der Waals surface area contributed by atoms with Gasteiger partial charge >= 0.3 is 0 Å². The smallest absolute Gasteiger partial charge is 0.211 e. The standard InChI is InChI=1S/C16H12BrFN8/c17-4-7-3-8(18)1-2-9(7)13-11-12(21)10(5-19)14(22)25-15(11)26-16(24-13)23-6-20/h1-3,13H,4H2,(H6,21,22,23,24,25,26). The first-order chi connectivity index (χ1) is 12.5. The van der Waals surface area contributed by atoms with Gasteiger partial charge in [-0.3, -0.25) is 5.32 Å². The molecule has 0 radical (unpaired) electrons.